The number of fused-ring (bicyclic) bond motifs is 1. The van der Waals surface area contributed by atoms with Crippen LogP contribution in [0.3, 0.4) is 0 Å². The van der Waals surface area contributed by atoms with E-state index in [9.17, 15) is 0 Å². The Labute approximate surface area is 75.6 Å². The van der Waals surface area contributed by atoms with E-state index in [1.807, 2.05) is 24.6 Å². The van der Waals surface area contributed by atoms with Gasteiger partial charge in [0, 0.05) is 12.4 Å². The summed E-state index contributed by atoms with van der Waals surface area (Å²) in [5.41, 5.74) is -0.135. The maximum atomic E-state index is 3.88. The van der Waals surface area contributed by atoms with Crippen molar-refractivity contribution in [1.82, 2.24) is 0 Å². The van der Waals surface area contributed by atoms with Crippen LogP contribution in [0.15, 0.2) is 34.5 Å². The van der Waals surface area contributed by atoms with E-state index in [-0.39, 0.29) is 5.41 Å². The average molecular weight is 168 g/mol. The average Bonchev–Trinajstić information content (AvgIpc) is 2.72. The van der Waals surface area contributed by atoms with Crippen molar-refractivity contribution in [2.75, 3.05) is 0 Å². The van der Waals surface area contributed by atoms with Gasteiger partial charge < -0.3 is 0 Å². The first-order valence-corrected chi connectivity index (χ1v) is 4.28. The second kappa shape index (κ2) is 2.16. The van der Waals surface area contributed by atoms with Crippen LogP contribution >= 0.6 is 0 Å². The van der Waals surface area contributed by atoms with Crippen molar-refractivity contribution in [2.45, 2.75) is 0 Å². The van der Waals surface area contributed by atoms with Gasteiger partial charge >= 0.3 is 0 Å². The van der Waals surface area contributed by atoms with E-state index in [0.29, 0.717) is 0 Å². The summed E-state index contributed by atoms with van der Waals surface area (Å²) in [6, 6.07) is 8.32. The van der Waals surface area contributed by atoms with Crippen LogP contribution in [0.2, 0.25) is 0 Å². The normalized spacial score (nSPS) is 20.0. The zero-order valence-electron chi connectivity index (χ0n) is 7.01. The fraction of sp³-hybridized carbons (Fsp3) is 0.0909. The van der Waals surface area contributed by atoms with Crippen molar-refractivity contribution in [3.05, 3.63) is 34.7 Å². The first kappa shape index (κ1) is 6.78. The fourth-order valence-corrected chi connectivity index (χ4v) is 1.80. The van der Waals surface area contributed by atoms with E-state index >= 15 is 0 Å². The molecule has 0 radical (unpaired) electrons. The van der Waals surface area contributed by atoms with Crippen molar-refractivity contribution >= 4 is 24.6 Å². The molecule has 1 aliphatic heterocycles. The van der Waals surface area contributed by atoms with Gasteiger partial charge in [-0.05, 0) is 10.4 Å². The van der Waals surface area contributed by atoms with Crippen LogP contribution in [0, 0.1) is 5.41 Å². The van der Waals surface area contributed by atoms with Gasteiger partial charge in [0.2, 0.25) is 0 Å². The van der Waals surface area contributed by atoms with Crippen molar-refractivity contribution in [3.8, 4) is 0 Å². The van der Waals surface area contributed by atoms with Gasteiger partial charge in [0.15, 0.2) is 0 Å². The van der Waals surface area contributed by atoms with E-state index < -0.39 is 0 Å². The molecular formula is C11H8N2. The van der Waals surface area contributed by atoms with Crippen molar-refractivity contribution in [3.63, 3.8) is 0 Å². The largest absolute Gasteiger partial charge is 0.162 e. The molecule has 2 heteroatoms. The first-order chi connectivity index (χ1) is 6.38. The van der Waals surface area contributed by atoms with Gasteiger partial charge in [0.05, 0.1) is 5.41 Å². The third-order valence-corrected chi connectivity index (χ3v) is 2.44. The van der Waals surface area contributed by atoms with Crippen LogP contribution in [0.4, 0.5) is 0 Å². The molecule has 0 saturated heterocycles. The van der Waals surface area contributed by atoms with E-state index in [1.54, 1.807) is 0 Å². The second-order valence-corrected chi connectivity index (χ2v) is 3.41. The Hall–Kier alpha value is -1.70. The number of benzene rings is 1. The Kier molecular flexibility index (Phi) is 1.13. The fourth-order valence-electron chi connectivity index (χ4n) is 1.80. The first-order valence-electron chi connectivity index (χ1n) is 4.28. The molecule has 1 spiro atoms. The van der Waals surface area contributed by atoms with Crippen LogP contribution in [-0.2, 0) is 0 Å². The Bertz CT molecular complexity index is 474. The standard InChI is InChI=1S/C11H8N2/c1-2-4-10-6-11(5-9(10)3-1)7-12-13-8-11/h1-8H. The summed E-state index contributed by atoms with van der Waals surface area (Å²) in [6.07, 6.45) is 8.10. The minimum Gasteiger partial charge on any atom is -0.162 e. The maximum absolute atomic E-state index is 3.88. The molecule has 3 rings (SSSR count). The zero-order chi connectivity index (χ0) is 8.73. The van der Waals surface area contributed by atoms with Gasteiger partial charge in [-0.15, -0.1) is 0 Å². The molecule has 2 nitrogen and oxygen atoms in total. The lowest BCUT2D eigenvalue weighted by molar-refractivity contribution is 1.19. The Morgan fingerprint density at radius 2 is 1.38 bits per heavy atom. The van der Waals surface area contributed by atoms with Crippen LogP contribution in [-0.4, -0.2) is 12.4 Å². The molecule has 0 unspecified atom stereocenters. The van der Waals surface area contributed by atoms with Gasteiger partial charge in [-0.3, -0.25) is 0 Å². The molecule has 62 valence electrons. The number of hydrogen-bond acceptors (Lipinski definition) is 2. The monoisotopic (exact) mass is 168 g/mol. The smallest absolute Gasteiger partial charge is 0.0823 e. The van der Waals surface area contributed by atoms with Crippen LogP contribution in [0.25, 0.3) is 12.2 Å². The lowest BCUT2D eigenvalue weighted by Gasteiger charge is -2.06. The van der Waals surface area contributed by atoms with Crippen molar-refractivity contribution < 1.29 is 0 Å². The van der Waals surface area contributed by atoms with Crippen LogP contribution in [0.5, 0.6) is 0 Å². The number of hydrogen-bond donors (Lipinski definition) is 0. The van der Waals surface area contributed by atoms with Crippen LogP contribution in [0.1, 0.15) is 0 Å². The molecule has 0 amide bonds. The van der Waals surface area contributed by atoms with E-state index in [2.05, 4.69) is 34.5 Å². The summed E-state index contributed by atoms with van der Waals surface area (Å²) < 4.78 is 0. The number of nitrogens with zero attached hydrogens (tertiary/aromatic N) is 2. The highest BCUT2D eigenvalue weighted by Crippen LogP contribution is 2.21. The molecule has 0 fully saturated rings. The van der Waals surface area contributed by atoms with Crippen molar-refractivity contribution in [2.24, 2.45) is 15.6 Å². The predicted octanol–water partition coefficient (Wildman–Crippen LogP) is 0.318. The summed E-state index contributed by atoms with van der Waals surface area (Å²) in [5, 5.41) is 10.3. The molecule has 0 N–H and O–H groups in total. The minimum absolute atomic E-state index is 0.135. The van der Waals surface area contributed by atoms with E-state index in [4.69, 9.17) is 0 Å². The molecule has 1 aliphatic carbocycles. The van der Waals surface area contributed by atoms with Gasteiger partial charge in [-0.1, -0.05) is 36.4 Å². The topological polar surface area (TPSA) is 24.7 Å². The zero-order valence-corrected chi connectivity index (χ0v) is 7.01. The Balaban J connectivity index is 2.35. The molecule has 0 bridgehead atoms. The van der Waals surface area contributed by atoms with Gasteiger partial charge in [0.1, 0.15) is 0 Å². The summed E-state index contributed by atoms with van der Waals surface area (Å²) in [4.78, 5) is 0. The highest BCUT2D eigenvalue weighted by atomic mass is 15.2. The SMILES string of the molecule is C1=NN=CC12C=c1ccccc1=C2. The second-order valence-electron chi connectivity index (χ2n) is 3.41. The molecule has 1 aromatic carbocycles. The summed E-state index contributed by atoms with van der Waals surface area (Å²) in [5.74, 6) is 0. The third-order valence-electron chi connectivity index (χ3n) is 2.44. The summed E-state index contributed by atoms with van der Waals surface area (Å²) in [6.45, 7) is 0. The van der Waals surface area contributed by atoms with Gasteiger partial charge in [-0.25, -0.2) is 0 Å². The third kappa shape index (κ3) is 0.886. The minimum atomic E-state index is -0.135. The lowest BCUT2D eigenvalue weighted by atomic mass is 9.94. The molecule has 0 aromatic heterocycles. The molecule has 2 aliphatic rings. The lowest BCUT2D eigenvalue weighted by Crippen LogP contribution is -2.19. The van der Waals surface area contributed by atoms with Crippen molar-refractivity contribution in [1.29, 1.82) is 0 Å². The molecule has 0 atom stereocenters. The Morgan fingerprint density at radius 1 is 0.846 bits per heavy atom. The molecule has 1 aromatic rings. The molecule has 13 heavy (non-hydrogen) atoms. The van der Waals surface area contributed by atoms with E-state index in [1.165, 1.54) is 10.4 Å². The maximum Gasteiger partial charge on any atom is 0.0823 e. The number of rotatable bonds is 0. The Morgan fingerprint density at radius 3 is 1.92 bits per heavy atom. The molecule has 0 saturated carbocycles. The molecular weight excluding hydrogens is 160 g/mol. The summed E-state index contributed by atoms with van der Waals surface area (Å²) >= 11 is 0. The van der Waals surface area contributed by atoms with Crippen LogP contribution < -0.4 is 10.4 Å². The quantitative estimate of drug-likeness (QED) is 0.533. The van der Waals surface area contributed by atoms with Gasteiger partial charge in [-0.2, -0.15) is 10.2 Å². The highest BCUT2D eigenvalue weighted by Gasteiger charge is 2.25. The predicted molar refractivity (Wildman–Crippen MR) is 54.0 cm³/mol. The van der Waals surface area contributed by atoms with Gasteiger partial charge in [0.25, 0.3) is 0 Å². The molecule has 1 heterocycles. The van der Waals surface area contributed by atoms with E-state index in [0.717, 1.165) is 0 Å². The summed E-state index contributed by atoms with van der Waals surface area (Å²) in [7, 11) is 0. The highest BCUT2D eigenvalue weighted by molar-refractivity contribution is 6.07.